The van der Waals surface area contributed by atoms with E-state index in [1.54, 1.807) is 13.8 Å². The lowest BCUT2D eigenvalue weighted by Crippen LogP contribution is -2.49. The van der Waals surface area contributed by atoms with Crippen LogP contribution in [0.2, 0.25) is 0 Å². The Bertz CT molecular complexity index is 689. The van der Waals surface area contributed by atoms with Gasteiger partial charge in [0.15, 0.2) is 11.6 Å². The Balaban J connectivity index is 4.53. The molecule has 190 valence electrons. The van der Waals surface area contributed by atoms with Crippen LogP contribution >= 0.6 is 0 Å². The number of nitrogens with one attached hydrogen (secondary N) is 2. The number of Topliss-reactive ketones (excluding diaryl/α,β-unsaturated/α-hetero) is 2. The second-order valence-corrected chi connectivity index (χ2v) is 9.16. The van der Waals surface area contributed by atoms with E-state index in [0.29, 0.717) is 0 Å². The zero-order valence-electron chi connectivity index (χ0n) is 20.2. The molecule has 0 aromatic heterocycles. The van der Waals surface area contributed by atoms with E-state index in [2.05, 4.69) is 10.6 Å². The molecule has 33 heavy (non-hydrogen) atoms. The molecule has 0 aliphatic carbocycles. The van der Waals surface area contributed by atoms with Crippen molar-refractivity contribution in [2.45, 2.75) is 59.9 Å². The van der Waals surface area contributed by atoms with Crippen molar-refractivity contribution in [3.8, 4) is 0 Å². The molecule has 0 aromatic carbocycles. The summed E-state index contributed by atoms with van der Waals surface area (Å²) in [6.45, 7) is 7.81. The van der Waals surface area contributed by atoms with E-state index in [-0.39, 0.29) is 63.9 Å². The first-order chi connectivity index (χ1) is 15.2. The molecule has 0 aromatic rings. The third-order valence-corrected chi connectivity index (χ3v) is 4.83. The maximum absolute atomic E-state index is 12.7. The SMILES string of the molecule is CC(=O)COCCOCCNC(=O)CC[C@@H](NC(=O)C(C)(C)CC(C)(C)C(=O)O)C(=O)CO. The molecule has 0 radical (unpaired) electrons. The number of ketones is 2. The van der Waals surface area contributed by atoms with Crippen molar-refractivity contribution in [3.05, 3.63) is 0 Å². The van der Waals surface area contributed by atoms with Crippen molar-refractivity contribution in [1.29, 1.82) is 0 Å². The maximum Gasteiger partial charge on any atom is 0.309 e. The first-order valence-electron chi connectivity index (χ1n) is 10.8. The second kappa shape index (κ2) is 14.7. The van der Waals surface area contributed by atoms with Crippen LogP contribution in [-0.2, 0) is 33.4 Å². The summed E-state index contributed by atoms with van der Waals surface area (Å²) in [6.07, 6.45) is -0.0595. The van der Waals surface area contributed by atoms with Gasteiger partial charge in [0.25, 0.3) is 0 Å². The molecule has 2 amide bonds. The molecule has 0 bridgehead atoms. The fraction of sp³-hybridized carbons (Fsp3) is 0.773. The van der Waals surface area contributed by atoms with E-state index in [0.717, 1.165) is 0 Å². The smallest absolute Gasteiger partial charge is 0.309 e. The lowest BCUT2D eigenvalue weighted by molar-refractivity contribution is -0.150. The van der Waals surface area contributed by atoms with Crippen LogP contribution in [0.5, 0.6) is 0 Å². The highest BCUT2D eigenvalue weighted by Crippen LogP contribution is 2.34. The van der Waals surface area contributed by atoms with Crippen LogP contribution in [0.1, 0.15) is 53.9 Å². The van der Waals surface area contributed by atoms with Gasteiger partial charge in [-0.3, -0.25) is 24.0 Å². The molecule has 4 N–H and O–H groups in total. The van der Waals surface area contributed by atoms with Gasteiger partial charge in [0, 0.05) is 18.4 Å². The first-order valence-corrected chi connectivity index (χ1v) is 10.8. The Hall–Kier alpha value is -2.37. The standard InChI is InChI=1S/C22H38N2O9/c1-15(26)13-33-11-10-32-9-8-23-18(28)7-6-16(17(27)12-25)24-19(29)21(2,3)14-22(4,5)20(30)31/h16,25H,6-14H2,1-5H3,(H,23,28)(H,24,29)(H,30,31)/t16-/m1/s1. The van der Waals surface area contributed by atoms with Crippen molar-refractivity contribution in [2.75, 3.05) is 39.6 Å². The molecule has 0 rings (SSSR count). The number of carbonyl (C=O) groups is 5. The molecule has 0 spiro atoms. The lowest BCUT2D eigenvalue weighted by Gasteiger charge is -2.32. The van der Waals surface area contributed by atoms with Crippen LogP contribution in [0, 0.1) is 10.8 Å². The van der Waals surface area contributed by atoms with Gasteiger partial charge in [-0.15, -0.1) is 0 Å². The third-order valence-electron chi connectivity index (χ3n) is 4.83. The summed E-state index contributed by atoms with van der Waals surface area (Å²) >= 11 is 0. The Morgan fingerprint density at radius 1 is 0.939 bits per heavy atom. The summed E-state index contributed by atoms with van der Waals surface area (Å²) in [5, 5.41) is 23.7. The van der Waals surface area contributed by atoms with Gasteiger partial charge in [0.2, 0.25) is 11.8 Å². The van der Waals surface area contributed by atoms with E-state index in [4.69, 9.17) is 9.47 Å². The normalized spacial score (nSPS) is 12.7. The molecule has 0 aliphatic heterocycles. The van der Waals surface area contributed by atoms with Crippen LogP contribution in [0.25, 0.3) is 0 Å². The summed E-state index contributed by atoms with van der Waals surface area (Å²) < 4.78 is 10.3. The summed E-state index contributed by atoms with van der Waals surface area (Å²) in [7, 11) is 0. The average Bonchev–Trinajstić information content (AvgIpc) is 2.70. The summed E-state index contributed by atoms with van der Waals surface area (Å²) in [5.74, 6) is -2.66. The highest BCUT2D eigenvalue weighted by Gasteiger charge is 2.40. The predicted octanol–water partition coefficient (Wildman–Crippen LogP) is 0.0783. The molecule has 11 nitrogen and oxygen atoms in total. The third kappa shape index (κ3) is 13.1. The molecular weight excluding hydrogens is 436 g/mol. The number of ether oxygens (including phenoxy) is 2. The van der Waals surface area contributed by atoms with E-state index in [1.807, 2.05) is 0 Å². The Kier molecular flexibility index (Phi) is 13.7. The number of carbonyl (C=O) groups excluding carboxylic acids is 4. The van der Waals surface area contributed by atoms with E-state index in [1.165, 1.54) is 20.8 Å². The minimum absolute atomic E-state index is 0.0187. The van der Waals surface area contributed by atoms with E-state index in [9.17, 15) is 34.2 Å². The van der Waals surface area contributed by atoms with E-state index >= 15 is 0 Å². The quantitative estimate of drug-likeness (QED) is 0.201. The number of carboxylic acids is 1. The van der Waals surface area contributed by atoms with Gasteiger partial charge in [0.05, 0.1) is 31.3 Å². The lowest BCUT2D eigenvalue weighted by atomic mass is 9.74. The molecule has 0 saturated carbocycles. The Morgan fingerprint density at radius 2 is 1.55 bits per heavy atom. The highest BCUT2D eigenvalue weighted by molar-refractivity contribution is 5.92. The van der Waals surface area contributed by atoms with Gasteiger partial charge in [-0.05, 0) is 33.6 Å². The number of aliphatic carboxylic acids is 1. The number of rotatable bonds is 18. The Labute approximate surface area is 194 Å². The number of amides is 2. The summed E-state index contributed by atoms with van der Waals surface area (Å²) in [4.78, 5) is 58.9. The van der Waals surface area contributed by atoms with Gasteiger partial charge in [-0.25, -0.2) is 0 Å². The predicted molar refractivity (Wildman–Crippen MR) is 118 cm³/mol. The largest absolute Gasteiger partial charge is 0.481 e. The van der Waals surface area contributed by atoms with Crippen LogP contribution in [0.15, 0.2) is 0 Å². The molecule has 1 atom stereocenters. The number of carboxylic acid groups (broad SMARTS) is 1. The van der Waals surface area contributed by atoms with Gasteiger partial charge in [0.1, 0.15) is 13.2 Å². The molecule has 0 fully saturated rings. The monoisotopic (exact) mass is 474 g/mol. The van der Waals surface area contributed by atoms with Crippen LogP contribution < -0.4 is 10.6 Å². The summed E-state index contributed by atoms with van der Waals surface area (Å²) in [5.41, 5.74) is -2.25. The van der Waals surface area contributed by atoms with Crippen molar-refractivity contribution in [2.24, 2.45) is 10.8 Å². The van der Waals surface area contributed by atoms with Crippen LogP contribution in [-0.4, -0.2) is 85.2 Å². The van der Waals surface area contributed by atoms with Crippen molar-refractivity contribution < 1.29 is 43.7 Å². The zero-order valence-corrected chi connectivity index (χ0v) is 20.2. The van der Waals surface area contributed by atoms with Crippen molar-refractivity contribution in [3.63, 3.8) is 0 Å². The number of hydrogen-bond acceptors (Lipinski definition) is 8. The fourth-order valence-electron chi connectivity index (χ4n) is 3.10. The fourth-order valence-corrected chi connectivity index (χ4v) is 3.10. The van der Waals surface area contributed by atoms with Gasteiger partial charge in [-0.1, -0.05) is 13.8 Å². The molecule has 0 heterocycles. The first kappa shape index (κ1) is 30.6. The second-order valence-electron chi connectivity index (χ2n) is 9.16. The van der Waals surface area contributed by atoms with E-state index < -0.39 is 41.1 Å². The van der Waals surface area contributed by atoms with Crippen molar-refractivity contribution in [1.82, 2.24) is 10.6 Å². The van der Waals surface area contributed by atoms with Crippen LogP contribution in [0.3, 0.4) is 0 Å². The molecular formula is C22H38N2O9. The number of aliphatic hydroxyl groups is 1. The molecule has 0 unspecified atom stereocenters. The molecule has 11 heteroatoms. The zero-order chi connectivity index (χ0) is 25.7. The van der Waals surface area contributed by atoms with Crippen molar-refractivity contribution >= 4 is 29.4 Å². The molecule has 0 aliphatic rings. The van der Waals surface area contributed by atoms with Gasteiger partial charge in [-0.2, -0.15) is 0 Å². The Morgan fingerprint density at radius 3 is 2.09 bits per heavy atom. The number of aliphatic hydroxyl groups excluding tert-OH is 1. The minimum Gasteiger partial charge on any atom is -0.481 e. The van der Waals surface area contributed by atoms with Gasteiger partial charge >= 0.3 is 5.97 Å². The number of hydrogen-bond donors (Lipinski definition) is 4. The minimum atomic E-state index is -1.15. The topological polar surface area (TPSA) is 168 Å². The van der Waals surface area contributed by atoms with Crippen LogP contribution in [0.4, 0.5) is 0 Å². The average molecular weight is 475 g/mol. The summed E-state index contributed by atoms with van der Waals surface area (Å²) in [6, 6.07) is -1.07. The molecule has 0 saturated heterocycles. The van der Waals surface area contributed by atoms with Gasteiger partial charge < -0.3 is 30.3 Å². The maximum atomic E-state index is 12.7. The highest BCUT2D eigenvalue weighted by atomic mass is 16.5.